The van der Waals surface area contributed by atoms with Crippen molar-refractivity contribution in [3.05, 3.63) is 23.3 Å². The molecule has 0 unspecified atom stereocenters. The molecule has 10 atom stereocenters. The molecule has 0 aromatic rings. The van der Waals surface area contributed by atoms with Crippen molar-refractivity contribution in [1.82, 2.24) is 0 Å². The van der Waals surface area contributed by atoms with Crippen LogP contribution in [0.25, 0.3) is 0 Å². The smallest absolute Gasteiger partial charge is 0.118 e. The molecule has 3 saturated carbocycles. The molecular weight excluding hydrogens is 384 g/mol. The Morgan fingerprint density at radius 3 is 2.45 bits per heavy atom. The molecule has 31 heavy (non-hydrogen) atoms. The summed E-state index contributed by atoms with van der Waals surface area (Å²) in [6, 6.07) is 0. The SMILES string of the molecule is CC(C)[C@@H](C)C=C[C@@H](C)[C@H]1CCC2=C3[C@H](O)[C@H]4O[C@]45C[C@@H](O)CC[C@]5(C)[C@H]3CC[C@@]21C. The lowest BCUT2D eigenvalue weighted by Crippen LogP contribution is -2.57. The van der Waals surface area contributed by atoms with Crippen LogP contribution in [0.1, 0.15) is 86.5 Å². The van der Waals surface area contributed by atoms with Crippen molar-refractivity contribution in [2.45, 2.75) is 110 Å². The maximum atomic E-state index is 11.5. The van der Waals surface area contributed by atoms with E-state index < -0.39 is 6.10 Å². The highest BCUT2D eigenvalue weighted by molar-refractivity contribution is 5.43. The number of rotatable bonds is 4. The quantitative estimate of drug-likeness (QED) is 0.449. The first-order valence-corrected chi connectivity index (χ1v) is 13.0. The van der Waals surface area contributed by atoms with Crippen molar-refractivity contribution in [2.24, 2.45) is 40.4 Å². The van der Waals surface area contributed by atoms with Gasteiger partial charge in [-0.05, 0) is 79.1 Å². The number of ether oxygens (including phenoxy) is 1. The molecule has 3 heteroatoms. The van der Waals surface area contributed by atoms with Gasteiger partial charge < -0.3 is 14.9 Å². The molecule has 1 spiro atoms. The molecule has 3 nitrogen and oxygen atoms in total. The zero-order valence-electron chi connectivity index (χ0n) is 20.5. The van der Waals surface area contributed by atoms with E-state index in [2.05, 4.69) is 53.7 Å². The third kappa shape index (κ3) is 2.95. The number of aliphatic hydroxyl groups is 2. The van der Waals surface area contributed by atoms with Crippen LogP contribution in [0.5, 0.6) is 0 Å². The number of fused-ring (bicyclic) bond motifs is 3. The summed E-state index contributed by atoms with van der Waals surface area (Å²) < 4.78 is 6.33. The summed E-state index contributed by atoms with van der Waals surface area (Å²) in [5, 5.41) is 21.9. The first kappa shape index (κ1) is 22.2. The number of epoxide rings is 1. The maximum Gasteiger partial charge on any atom is 0.118 e. The van der Waals surface area contributed by atoms with Crippen LogP contribution >= 0.6 is 0 Å². The largest absolute Gasteiger partial charge is 0.393 e. The van der Waals surface area contributed by atoms with Crippen LogP contribution in [0.4, 0.5) is 0 Å². The Balaban J connectivity index is 1.47. The van der Waals surface area contributed by atoms with Gasteiger partial charge in [0.15, 0.2) is 0 Å². The first-order chi connectivity index (χ1) is 14.5. The van der Waals surface area contributed by atoms with Gasteiger partial charge in [0.05, 0.1) is 6.10 Å². The van der Waals surface area contributed by atoms with E-state index in [1.165, 1.54) is 18.4 Å². The second kappa shape index (κ2) is 7.18. The fourth-order valence-corrected chi connectivity index (χ4v) is 8.48. The van der Waals surface area contributed by atoms with E-state index >= 15 is 0 Å². The number of hydrogen-bond acceptors (Lipinski definition) is 3. The topological polar surface area (TPSA) is 53.0 Å². The molecule has 0 aromatic carbocycles. The molecular formula is C28H44O3. The maximum absolute atomic E-state index is 11.5. The molecule has 4 fully saturated rings. The normalized spacial score (nSPS) is 50.7. The van der Waals surface area contributed by atoms with Crippen LogP contribution in [0.15, 0.2) is 23.3 Å². The van der Waals surface area contributed by atoms with Gasteiger partial charge in [0.25, 0.3) is 0 Å². The predicted molar refractivity (Wildman–Crippen MR) is 124 cm³/mol. The van der Waals surface area contributed by atoms with Crippen LogP contribution in [-0.2, 0) is 4.74 Å². The Labute approximate surface area is 189 Å². The van der Waals surface area contributed by atoms with Gasteiger partial charge in [-0.2, -0.15) is 0 Å². The van der Waals surface area contributed by atoms with Crippen molar-refractivity contribution in [3.63, 3.8) is 0 Å². The molecule has 1 heterocycles. The highest BCUT2D eigenvalue weighted by atomic mass is 16.6. The minimum atomic E-state index is -0.469. The summed E-state index contributed by atoms with van der Waals surface area (Å²) in [5.41, 5.74) is 2.93. The standard InChI is InChI=1S/C28H44O3/c1-16(2)17(3)7-8-18(4)20-9-10-21-23-22(12-13-26(20,21)5)27(6)14-11-19(29)15-28(27)25(31-28)24(23)30/h7-8,16-20,22,24-25,29-30H,9-15H2,1-6H3/t17-,18+,19-,20+,22-,24-,25+,26+,27+,28+/m0/s1. The molecule has 0 aromatic heterocycles. The summed E-state index contributed by atoms with van der Waals surface area (Å²) in [6.45, 7) is 14.2. The Kier molecular flexibility index (Phi) is 5.13. The lowest BCUT2D eigenvalue weighted by molar-refractivity contribution is -0.0512. The summed E-state index contributed by atoms with van der Waals surface area (Å²) in [5.74, 6) is 2.95. The van der Waals surface area contributed by atoms with Crippen LogP contribution in [0, 0.1) is 40.4 Å². The Morgan fingerprint density at radius 2 is 1.74 bits per heavy atom. The Morgan fingerprint density at radius 1 is 1.00 bits per heavy atom. The monoisotopic (exact) mass is 428 g/mol. The molecule has 2 N–H and O–H groups in total. The first-order valence-electron chi connectivity index (χ1n) is 13.0. The van der Waals surface area contributed by atoms with Crippen molar-refractivity contribution in [3.8, 4) is 0 Å². The average molecular weight is 429 g/mol. The van der Waals surface area contributed by atoms with Crippen LogP contribution in [-0.4, -0.2) is 34.1 Å². The third-order valence-electron chi connectivity index (χ3n) is 10.9. The van der Waals surface area contributed by atoms with E-state index in [9.17, 15) is 10.2 Å². The molecule has 174 valence electrons. The predicted octanol–water partition coefficient (Wildman–Crippen LogP) is 5.66. The van der Waals surface area contributed by atoms with Crippen molar-refractivity contribution in [1.29, 1.82) is 0 Å². The lowest BCUT2D eigenvalue weighted by Gasteiger charge is -2.55. The second-order valence-corrected chi connectivity index (χ2v) is 12.6. The molecule has 5 aliphatic rings. The van der Waals surface area contributed by atoms with Crippen molar-refractivity contribution >= 4 is 0 Å². The molecule has 0 bridgehead atoms. The molecule has 4 aliphatic carbocycles. The lowest BCUT2D eigenvalue weighted by atomic mass is 9.48. The summed E-state index contributed by atoms with van der Waals surface area (Å²) in [7, 11) is 0. The number of allylic oxidation sites excluding steroid dienone is 3. The average Bonchev–Trinajstić information content (AvgIpc) is 3.34. The molecule has 1 aliphatic heterocycles. The van der Waals surface area contributed by atoms with Gasteiger partial charge in [0, 0.05) is 11.8 Å². The van der Waals surface area contributed by atoms with Gasteiger partial charge in [-0.25, -0.2) is 0 Å². The van der Waals surface area contributed by atoms with Crippen molar-refractivity contribution in [2.75, 3.05) is 0 Å². The summed E-state index contributed by atoms with van der Waals surface area (Å²) in [4.78, 5) is 0. The summed E-state index contributed by atoms with van der Waals surface area (Å²) in [6.07, 6.45) is 11.4. The van der Waals surface area contributed by atoms with Gasteiger partial charge >= 0.3 is 0 Å². The second-order valence-electron chi connectivity index (χ2n) is 12.6. The van der Waals surface area contributed by atoms with Gasteiger partial charge in [-0.15, -0.1) is 0 Å². The van der Waals surface area contributed by atoms with E-state index in [1.54, 1.807) is 5.57 Å². The fraction of sp³-hybridized carbons (Fsp3) is 0.857. The summed E-state index contributed by atoms with van der Waals surface area (Å²) >= 11 is 0. The van der Waals surface area contributed by atoms with Gasteiger partial charge in [-0.3, -0.25) is 0 Å². The van der Waals surface area contributed by atoms with E-state index in [-0.39, 0.29) is 28.6 Å². The van der Waals surface area contributed by atoms with E-state index in [0.29, 0.717) is 36.0 Å². The fourth-order valence-electron chi connectivity index (χ4n) is 8.48. The van der Waals surface area contributed by atoms with Gasteiger partial charge in [-0.1, -0.05) is 59.3 Å². The zero-order chi connectivity index (χ0) is 22.3. The van der Waals surface area contributed by atoms with Crippen LogP contribution in [0.3, 0.4) is 0 Å². The number of hydrogen-bond donors (Lipinski definition) is 2. The number of aliphatic hydroxyl groups excluding tert-OH is 2. The molecule has 5 rings (SSSR count). The van der Waals surface area contributed by atoms with Crippen LogP contribution in [0.2, 0.25) is 0 Å². The van der Waals surface area contributed by atoms with E-state index in [1.807, 2.05) is 0 Å². The Hall–Kier alpha value is -0.640. The minimum Gasteiger partial charge on any atom is -0.393 e. The Bertz CT molecular complexity index is 798. The molecule has 1 saturated heterocycles. The minimum absolute atomic E-state index is 0.0656. The van der Waals surface area contributed by atoms with Gasteiger partial charge in [0.2, 0.25) is 0 Å². The molecule has 0 amide bonds. The van der Waals surface area contributed by atoms with Crippen molar-refractivity contribution < 1.29 is 14.9 Å². The highest BCUT2D eigenvalue weighted by Crippen LogP contribution is 2.72. The van der Waals surface area contributed by atoms with E-state index in [0.717, 1.165) is 25.7 Å². The highest BCUT2D eigenvalue weighted by Gasteiger charge is 2.77. The van der Waals surface area contributed by atoms with E-state index in [4.69, 9.17) is 4.74 Å². The third-order valence-corrected chi connectivity index (χ3v) is 10.9. The molecule has 0 radical (unpaired) electrons. The van der Waals surface area contributed by atoms with Crippen LogP contribution < -0.4 is 0 Å². The zero-order valence-corrected chi connectivity index (χ0v) is 20.5. The van der Waals surface area contributed by atoms with Gasteiger partial charge in [0.1, 0.15) is 17.8 Å².